The minimum atomic E-state index is -4.05. The van der Waals surface area contributed by atoms with E-state index in [1.807, 2.05) is 18.2 Å². The zero-order valence-corrected chi connectivity index (χ0v) is 16.6. The van der Waals surface area contributed by atoms with Gasteiger partial charge in [0, 0.05) is 25.0 Å². The van der Waals surface area contributed by atoms with Crippen LogP contribution in [-0.4, -0.2) is 31.3 Å². The summed E-state index contributed by atoms with van der Waals surface area (Å²) < 4.78 is 38.2. The highest BCUT2D eigenvalue weighted by Crippen LogP contribution is 2.41. The van der Waals surface area contributed by atoms with Crippen molar-refractivity contribution < 1.29 is 13.2 Å². The van der Waals surface area contributed by atoms with E-state index >= 15 is 0 Å². The van der Waals surface area contributed by atoms with Gasteiger partial charge in [0.05, 0.1) is 5.92 Å². The molecule has 2 aliphatic rings. The number of nitrogens with zero attached hydrogens (tertiary/aromatic N) is 1. The smallest absolute Gasteiger partial charge is 0.354 e. The summed E-state index contributed by atoms with van der Waals surface area (Å²) in [5.41, 5.74) is 1.32. The van der Waals surface area contributed by atoms with Gasteiger partial charge < -0.3 is 10.6 Å². The third-order valence-electron chi connectivity index (χ3n) is 5.09. The van der Waals surface area contributed by atoms with E-state index in [0.29, 0.717) is 30.8 Å². The number of benzene rings is 1. The first kappa shape index (κ1) is 20.3. The monoisotopic (exact) mass is 467 g/mol. The number of guanidine groups is 1. The second kappa shape index (κ2) is 8.60. The number of nitrogens with one attached hydrogen (secondary N) is 2. The van der Waals surface area contributed by atoms with Crippen molar-refractivity contribution in [2.24, 2.45) is 10.9 Å². The third-order valence-corrected chi connectivity index (χ3v) is 5.09. The molecule has 2 saturated carbocycles. The Kier molecular flexibility index (Phi) is 6.99. The minimum Gasteiger partial charge on any atom is -0.354 e. The average molecular weight is 467 g/mol. The van der Waals surface area contributed by atoms with Gasteiger partial charge in [0.1, 0.15) is 0 Å². The van der Waals surface area contributed by atoms with Gasteiger partial charge in [-0.25, -0.2) is 0 Å². The molecule has 0 spiro atoms. The van der Waals surface area contributed by atoms with E-state index in [2.05, 4.69) is 27.8 Å². The van der Waals surface area contributed by atoms with Gasteiger partial charge >= 0.3 is 6.18 Å². The maximum absolute atomic E-state index is 12.7. The summed E-state index contributed by atoms with van der Waals surface area (Å²) >= 11 is 0. The molecular weight excluding hydrogens is 442 g/mol. The van der Waals surface area contributed by atoms with Crippen molar-refractivity contribution in [3.63, 3.8) is 0 Å². The van der Waals surface area contributed by atoms with Crippen molar-refractivity contribution in [2.75, 3.05) is 7.05 Å². The molecule has 0 amide bonds. The summed E-state index contributed by atoms with van der Waals surface area (Å²) in [6.45, 7) is 0. The Morgan fingerprint density at radius 1 is 1.04 bits per heavy atom. The second-order valence-corrected chi connectivity index (χ2v) is 6.81. The van der Waals surface area contributed by atoms with E-state index in [4.69, 9.17) is 0 Å². The van der Waals surface area contributed by atoms with Crippen molar-refractivity contribution in [1.29, 1.82) is 0 Å². The normalized spacial score (nSPS) is 29.5. The van der Waals surface area contributed by atoms with Crippen molar-refractivity contribution in [3.05, 3.63) is 35.9 Å². The molecule has 0 aromatic heterocycles. The molecule has 2 atom stereocenters. The van der Waals surface area contributed by atoms with Crippen LogP contribution >= 0.6 is 24.0 Å². The van der Waals surface area contributed by atoms with Gasteiger partial charge in [-0.05, 0) is 37.7 Å². The van der Waals surface area contributed by atoms with E-state index in [1.54, 1.807) is 7.05 Å². The lowest BCUT2D eigenvalue weighted by atomic mass is 9.85. The molecule has 25 heavy (non-hydrogen) atoms. The largest absolute Gasteiger partial charge is 0.391 e. The third kappa shape index (κ3) is 5.49. The molecule has 2 unspecified atom stereocenters. The number of aliphatic imine (C=N–C) groups is 1. The van der Waals surface area contributed by atoms with Crippen LogP contribution in [0.3, 0.4) is 0 Å². The van der Waals surface area contributed by atoms with Crippen LogP contribution in [-0.2, 0) is 0 Å². The predicted octanol–water partition coefficient (Wildman–Crippen LogP) is 4.45. The van der Waals surface area contributed by atoms with Gasteiger partial charge in [0.2, 0.25) is 0 Å². The number of halogens is 4. The quantitative estimate of drug-likeness (QED) is 0.392. The Labute approximate surface area is 163 Å². The van der Waals surface area contributed by atoms with Gasteiger partial charge in [-0.15, -0.1) is 24.0 Å². The van der Waals surface area contributed by atoms with Gasteiger partial charge in [0.25, 0.3) is 0 Å². The molecule has 3 nitrogen and oxygen atoms in total. The van der Waals surface area contributed by atoms with Crippen LogP contribution in [0.25, 0.3) is 0 Å². The van der Waals surface area contributed by atoms with E-state index in [-0.39, 0.29) is 42.9 Å². The van der Waals surface area contributed by atoms with Crippen molar-refractivity contribution in [1.82, 2.24) is 10.6 Å². The molecule has 1 aromatic carbocycles. The van der Waals surface area contributed by atoms with E-state index < -0.39 is 12.1 Å². The van der Waals surface area contributed by atoms with Gasteiger partial charge in [-0.2, -0.15) is 13.2 Å². The van der Waals surface area contributed by atoms with Crippen LogP contribution in [0.15, 0.2) is 35.3 Å². The lowest BCUT2D eigenvalue weighted by Gasteiger charge is -2.31. The van der Waals surface area contributed by atoms with Crippen LogP contribution in [0.2, 0.25) is 0 Å². The van der Waals surface area contributed by atoms with Crippen LogP contribution in [0, 0.1) is 5.92 Å². The summed E-state index contributed by atoms with van der Waals surface area (Å²) in [6.07, 6.45) is -1.51. The predicted molar refractivity (Wildman–Crippen MR) is 104 cm³/mol. The van der Waals surface area contributed by atoms with Crippen LogP contribution in [0.5, 0.6) is 0 Å². The SMILES string of the molecule is CN=C(NC1CCC(C(F)(F)F)CC1)NC1CC1c1ccccc1.I. The molecule has 0 bridgehead atoms. The molecule has 2 aliphatic carbocycles. The van der Waals surface area contributed by atoms with E-state index in [1.165, 1.54) is 5.56 Å². The lowest BCUT2D eigenvalue weighted by molar-refractivity contribution is -0.182. The van der Waals surface area contributed by atoms with Gasteiger partial charge in [-0.1, -0.05) is 30.3 Å². The number of rotatable bonds is 3. The highest BCUT2D eigenvalue weighted by Gasteiger charge is 2.42. The molecule has 7 heteroatoms. The summed E-state index contributed by atoms with van der Waals surface area (Å²) in [7, 11) is 1.70. The van der Waals surface area contributed by atoms with Gasteiger partial charge in [0.15, 0.2) is 5.96 Å². The van der Waals surface area contributed by atoms with Crippen LogP contribution < -0.4 is 10.6 Å². The minimum absolute atomic E-state index is 0. The topological polar surface area (TPSA) is 36.4 Å². The molecule has 3 rings (SSSR count). The van der Waals surface area contributed by atoms with Crippen molar-refractivity contribution >= 4 is 29.9 Å². The fourth-order valence-corrected chi connectivity index (χ4v) is 3.53. The number of hydrogen-bond acceptors (Lipinski definition) is 1. The standard InChI is InChI=1S/C18H24F3N3.HI/c1-22-17(23-14-9-7-13(8-10-14)18(19,20)21)24-16-11-15(16)12-5-3-2-4-6-12;/h2-6,13-16H,7-11H2,1H3,(H2,22,23,24);1H. The maximum atomic E-state index is 12.7. The first-order valence-corrected chi connectivity index (χ1v) is 8.59. The van der Waals surface area contributed by atoms with E-state index in [0.717, 1.165) is 6.42 Å². The maximum Gasteiger partial charge on any atom is 0.391 e. The summed E-state index contributed by atoms with van der Waals surface area (Å²) in [4.78, 5) is 4.23. The zero-order chi connectivity index (χ0) is 17.2. The highest BCUT2D eigenvalue weighted by molar-refractivity contribution is 14.0. The molecule has 2 fully saturated rings. The molecule has 2 N–H and O–H groups in total. The summed E-state index contributed by atoms with van der Waals surface area (Å²) in [5.74, 6) is 0.0519. The number of alkyl halides is 3. The first-order chi connectivity index (χ1) is 11.5. The highest BCUT2D eigenvalue weighted by atomic mass is 127. The van der Waals surface area contributed by atoms with Crippen molar-refractivity contribution in [3.8, 4) is 0 Å². The molecule has 0 heterocycles. The molecular formula is C18H25F3IN3. The fourth-order valence-electron chi connectivity index (χ4n) is 3.53. The average Bonchev–Trinajstić information content (AvgIpc) is 3.34. The van der Waals surface area contributed by atoms with Crippen LogP contribution in [0.1, 0.15) is 43.6 Å². The Bertz CT molecular complexity index is 569. The molecule has 0 saturated heterocycles. The Balaban J connectivity index is 0.00000225. The first-order valence-electron chi connectivity index (χ1n) is 8.59. The van der Waals surface area contributed by atoms with E-state index in [9.17, 15) is 13.2 Å². The molecule has 0 aliphatic heterocycles. The molecule has 1 aromatic rings. The number of hydrogen-bond donors (Lipinski definition) is 2. The summed E-state index contributed by atoms with van der Waals surface area (Å²) in [5, 5.41) is 6.69. The Hall–Kier alpha value is -0.990. The second-order valence-electron chi connectivity index (χ2n) is 6.81. The summed E-state index contributed by atoms with van der Waals surface area (Å²) in [6, 6.07) is 10.8. The fraction of sp³-hybridized carbons (Fsp3) is 0.611. The zero-order valence-electron chi connectivity index (χ0n) is 14.2. The molecule has 140 valence electrons. The lowest BCUT2D eigenvalue weighted by Crippen LogP contribution is -2.46. The molecule has 0 radical (unpaired) electrons. The van der Waals surface area contributed by atoms with Crippen LogP contribution in [0.4, 0.5) is 13.2 Å². The Morgan fingerprint density at radius 2 is 1.68 bits per heavy atom. The Morgan fingerprint density at radius 3 is 2.24 bits per heavy atom. The van der Waals surface area contributed by atoms with Gasteiger partial charge in [-0.3, -0.25) is 4.99 Å². The van der Waals surface area contributed by atoms with Crippen molar-refractivity contribution in [2.45, 2.75) is 56.3 Å².